The highest BCUT2D eigenvalue weighted by molar-refractivity contribution is 5.66. The molecule has 0 rings (SSSR count). The Morgan fingerprint density at radius 2 is 2.07 bits per heavy atom. The molecule has 0 saturated heterocycles. The predicted octanol–water partition coefficient (Wildman–Crippen LogP) is 3.46. The maximum absolute atomic E-state index is 10.6. The molecule has 0 aliphatic carbocycles. The van der Waals surface area contributed by atoms with Crippen LogP contribution in [0.2, 0.25) is 0 Å². The van der Waals surface area contributed by atoms with Crippen LogP contribution in [0.3, 0.4) is 0 Å². The van der Waals surface area contributed by atoms with E-state index in [1.165, 1.54) is 32.6 Å². The van der Waals surface area contributed by atoms with E-state index >= 15 is 0 Å². The van der Waals surface area contributed by atoms with Crippen molar-refractivity contribution in [3.8, 4) is 0 Å². The van der Waals surface area contributed by atoms with Gasteiger partial charge in [0.2, 0.25) is 0 Å². The molecule has 0 bridgehead atoms. The van der Waals surface area contributed by atoms with Crippen LogP contribution in [0.4, 0.5) is 0 Å². The largest absolute Gasteiger partial charge is 0.459 e. The highest BCUT2D eigenvalue weighted by Gasteiger charge is 1.98. The highest BCUT2D eigenvalue weighted by Crippen LogP contribution is 2.04. The fourth-order valence-corrected chi connectivity index (χ4v) is 1.28. The van der Waals surface area contributed by atoms with Crippen LogP contribution in [0.5, 0.6) is 0 Å². The summed E-state index contributed by atoms with van der Waals surface area (Å²) in [7, 11) is 0. The second kappa shape index (κ2) is 8.79. The Labute approximate surface area is 87.3 Å². The SMILES string of the molecule is CCCCCCC=CC(C)OC(C)=O. The van der Waals surface area contributed by atoms with E-state index in [4.69, 9.17) is 4.74 Å². The van der Waals surface area contributed by atoms with E-state index in [0.29, 0.717) is 0 Å². The van der Waals surface area contributed by atoms with E-state index in [2.05, 4.69) is 13.0 Å². The molecule has 0 fully saturated rings. The van der Waals surface area contributed by atoms with Gasteiger partial charge in [-0.05, 0) is 25.8 Å². The van der Waals surface area contributed by atoms with Crippen LogP contribution in [0.1, 0.15) is 52.9 Å². The van der Waals surface area contributed by atoms with Crippen LogP contribution in [-0.2, 0) is 9.53 Å². The van der Waals surface area contributed by atoms with Crippen molar-refractivity contribution >= 4 is 5.97 Å². The molecule has 1 unspecified atom stereocenters. The Bertz CT molecular complexity index is 173. The predicted molar refractivity (Wildman–Crippen MR) is 59.1 cm³/mol. The quantitative estimate of drug-likeness (QED) is 0.356. The van der Waals surface area contributed by atoms with E-state index in [9.17, 15) is 4.79 Å². The van der Waals surface area contributed by atoms with Gasteiger partial charge >= 0.3 is 5.97 Å². The first-order chi connectivity index (χ1) is 6.66. The first-order valence-corrected chi connectivity index (χ1v) is 5.50. The fraction of sp³-hybridized carbons (Fsp3) is 0.750. The molecule has 0 aromatic heterocycles. The van der Waals surface area contributed by atoms with Crippen LogP contribution < -0.4 is 0 Å². The molecule has 2 heteroatoms. The molecule has 2 nitrogen and oxygen atoms in total. The Kier molecular flexibility index (Phi) is 8.30. The van der Waals surface area contributed by atoms with E-state index < -0.39 is 0 Å². The molecule has 0 saturated carbocycles. The second-order valence-electron chi connectivity index (χ2n) is 3.59. The maximum Gasteiger partial charge on any atom is 0.303 e. The zero-order chi connectivity index (χ0) is 10.8. The summed E-state index contributed by atoms with van der Waals surface area (Å²) in [5, 5.41) is 0. The number of rotatable bonds is 7. The smallest absolute Gasteiger partial charge is 0.303 e. The van der Waals surface area contributed by atoms with E-state index in [1.54, 1.807) is 0 Å². The van der Waals surface area contributed by atoms with Crippen LogP contribution >= 0.6 is 0 Å². The van der Waals surface area contributed by atoms with Gasteiger partial charge in [-0.1, -0.05) is 32.3 Å². The zero-order valence-corrected chi connectivity index (χ0v) is 9.58. The monoisotopic (exact) mass is 198 g/mol. The van der Waals surface area contributed by atoms with Crippen LogP contribution in [0.15, 0.2) is 12.2 Å². The van der Waals surface area contributed by atoms with E-state index in [1.807, 2.05) is 13.0 Å². The molecule has 0 spiro atoms. The molecule has 0 heterocycles. The number of hydrogen-bond acceptors (Lipinski definition) is 2. The summed E-state index contributed by atoms with van der Waals surface area (Å²) in [4.78, 5) is 10.6. The van der Waals surface area contributed by atoms with E-state index in [0.717, 1.165) is 6.42 Å². The minimum absolute atomic E-state index is 0.0846. The number of allylic oxidation sites excluding steroid dienone is 1. The Morgan fingerprint density at radius 1 is 1.36 bits per heavy atom. The van der Waals surface area contributed by atoms with Gasteiger partial charge in [0.1, 0.15) is 6.10 Å². The average Bonchev–Trinajstić information content (AvgIpc) is 2.10. The Hall–Kier alpha value is -0.790. The summed E-state index contributed by atoms with van der Waals surface area (Å²) in [5.41, 5.74) is 0. The third-order valence-corrected chi connectivity index (χ3v) is 1.98. The van der Waals surface area contributed by atoms with Crippen molar-refractivity contribution in [1.82, 2.24) is 0 Å². The number of esters is 1. The van der Waals surface area contributed by atoms with Crippen molar-refractivity contribution in [2.24, 2.45) is 0 Å². The summed E-state index contributed by atoms with van der Waals surface area (Å²) in [6.45, 7) is 5.52. The molecule has 0 radical (unpaired) electrons. The molecular formula is C12H22O2. The van der Waals surface area contributed by atoms with E-state index in [-0.39, 0.29) is 12.1 Å². The molecule has 82 valence electrons. The highest BCUT2D eigenvalue weighted by atomic mass is 16.5. The average molecular weight is 198 g/mol. The summed E-state index contributed by atoms with van der Waals surface area (Å²) < 4.78 is 4.95. The summed E-state index contributed by atoms with van der Waals surface area (Å²) in [6.07, 6.45) is 10.2. The van der Waals surface area contributed by atoms with Gasteiger partial charge in [-0.2, -0.15) is 0 Å². The lowest BCUT2D eigenvalue weighted by atomic mass is 10.1. The summed E-state index contributed by atoms with van der Waals surface area (Å²) >= 11 is 0. The fourth-order valence-electron chi connectivity index (χ4n) is 1.28. The maximum atomic E-state index is 10.6. The molecule has 0 N–H and O–H groups in total. The van der Waals surface area contributed by atoms with Gasteiger partial charge in [-0.3, -0.25) is 4.79 Å². The first-order valence-electron chi connectivity index (χ1n) is 5.50. The summed E-state index contributed by atoms with van der Waals surface area (Å²) in [6, 6.07) is 0. The molecule has 0 aliphatic rings. The first kappa shape index (κ1) is 13.2. The lowest BCUT2D eigenvalue weighted by molar-refractivity contribution is -0.143. The second-order valence-corrected chi connectivity index (χ2v) is 3.59. The molecule has 0 aromatic carbocycles. The minimum atomic E-state index is -0.215. The van der Waals surface area contributed by atoms with Crippen molar-refractivity contribution in [1.29, 1.82) is 0 Å². The van der Waals surface area contributed by atoms with Gasteiger partial charge in [0, 0.05) is 6.92 Å². The van der Waals surface area contributed by atoms with Crippen molar-refractivity contribution in [3.63, 3.8) is 0 Å². The number of hydrogen-bond donors (Lipinski definition) is 0. The van der Waals surface area contributed by atoms with Gasteiger partial charge in [-0.15, -0.1) is 0 Å². The molecule has 0 amide bonds. The summed E-state index contributed by atoms with van der Waals surface area (Å²) in [5.74, 6) is -0.215. The molecule has 14 heavy (non-hydrogen) atoms. The standard InChI is InChI=1S/C12H22O2/c1-4-5-6-7-8-9-10-11(2)14-12(3)13/h9-11H,4-8H2,1-3H3. The van der Waals surface area contributed by atoms with Crippen molar-refractivity contribution in [3.05, 3.63) is 12.2 Å². The number of ether oxygens (including phenoxy) is 1. The zero-order valence-electron chi connectivity index (χ0n) is 9.58. The molecular weight excluding hydrogens is 176 g/mol. The van der Waals surface area contributed by atoms with Gasteiger partial charge in [-0.25, -0.2) is 0 Å². The van der Waals surface area contributed by atoms with Gasteiger partial charge in [0.15, 0.2) is 0 Å². The number of carbonyl (C=O) groups is 1. The van der Waals surface area contributed by atoms with Crippen LogP contribution in [0, 0.1) is 0 Å². The van der Waals surface area contributed by atoms with Crippen LogP contribution in [-0.4, -0.2) is 12.1 Å². The van der Waals surface area contributed by atoms with Crippen LogP contribution in [0.25, 0.3) is 0 Å². The third kappa shape index (κ3) is 9.30. The minimum Gasteiger partial charge on any atom is -0.459 e. The lowest BCUT2D eigenvalue weighted by Crippen LogP contribution is -2.08. The molecule has 0 aliphatic heterocycles. The van der Waals surface area contributed by atoms with Gasteiger partial charge in [0.25, 0.3) is 0 Å². The van der Waals surface area contributed by atoms with Crippen molar-refractivity contribution in [2.75, 3.05) is 0 Å². The van der Waals surface area contributed by atoms with Crippen molar-refractivity contribution in [2.45, 2.75) is 59.0 Å². The number of carbonyl (C=O) groups excluding carboxylic acids is 1. The topological polar surface area (TPSA) is 26.3 Å². The lowest BCUT2D eigenvalue weighted by Gasteiger charge is -2.05. The normalized spacial score (nSPS) is 13.1. The van der Waals surface area contributed by atoms with Crippen molar-refractivity contribution < 1.29 is 9.53 Å². The van der Waals surface area contributed by atoms with Gasteiger partial charge < -0.3 is 4.74 Å². The third-order valence-electron chi connectivity index (χ3n) is 1.98. The Balaban J connectivity index is 3.37. The molecule has 1 atom stereocenters. The van der Waals surface area contributed by atoms with Gasteiger partial charge in [0.05, 0.1) is 0 Å². The number of unbranched alkanes of at least 4 members (excludes halogenated alkanes) is 4. The Morgan fingerprint density at radius 3 is 2.64 bits per heavy atom. The molecule has 0 aromatic rings.